The largest absolute Gasteiger partial charge is 0.490 e. The summed E-state index contributed by atoms with van der Waals surface area (Å²) in [7, 11) is 0. The lowest BCUT2D eigenvalue weighted by Crippen LogP contribution is -2.23. The molecule has 120 valence electrons. The standard InChI is InChI=1S/C16H16FN3O2S/c17-14-3-1-2-4-15(14)22-10-9-21-13-7-5-12(6-8-13)11-19-20-16(18)23/h1-8,11H,9-10H2,(H3,18,20,23). The molecule has 2 aromatic carbocycles. The van der Waals surface area contributed by atoms with Crippen LogP contribution < -0.4 is 20.6 Å². The van der Waals surface area contributed by atoms with Gasteiger partial charge in [-0.2, -0.15) is 5.10 Å². The summed E-state index contributed by atoms with van der Waals surface area (Å²) in [5.74, 6) is 0.510. The molecule has 5 nitrogen and oxygen atoms in total. The number of benzene rings is 2. The molecule has 0 aliphatic carbocycles. The molecule has 23 heavy (non-hydrogen) atoms. The lowest BCUT2D eigenvalue weighted by molar-refractivity contribution is 0.211. The van der Waals surface area contributed by atoms with E-state index in [1.165, 1.54) is 6.07 Å². The second-order valence-corrected chi connectivity index (χ2v) is 4.87. The molecule has 2 aromatic rings. The summed E-state index contributed by atoms with van der Waals surface area (Å²) in [6.07, 6.45) is 1.59. The zero-order chi connectivity index (χ0) is 16.5. The van der Waals surface area contributed by atoms with Crippen molar-refractivity contribution in [3.63, 3.8) is 0 Å². The Kier molecular flexibility index (Phi) is 6.31. The summed E-state index contributed by atoms with van der Waals surface area (Å²) in [6.45, 7) is 0.562. The van der Waals surface area contributed by atoms with Crippen molar-refractivity contribution in [3.05, 3.63) is 59.9 Å². The van der Waals surface area contributed by atoms with Gasteiger partial charge in [0.1, 0.15) is 19.0 Å². The first-order valence-corrected chi connectivity index (χ1v) is 7.24. The molecule has 0 bridgehead atoms. The normalized spacial score (nSPS) is 10.5. The minimum absolute atomic E-state index is 0.107. The number of nitrogens with one attached hydrogen (secondary N) is 1. The number of rotatable bonds is 7. The number of nitrogens with zero attached hydrogens (tertiary/aromatic N) is 1. The van der Waals surface area contributed by atoms with E-state index in [-0.39, 0.29) is 23.3 Å². The Bertz CT molecular complexity index is 677. The van der Waals surface area contributed by atoms with Crippen molar-refractivity contribution in [3.8, 4) is 11.5 Å². The van der Waals surface area contributed by atoms with Crippen LogP contribution in [0.15, 0.2) is 53.6 Å². The van der Waals surface area contributed by atoms with E-state index in [4.69, 9.17) is 15.2 Å². The Morgan fingerprint density at radius 3 is 2.52 bits per heavy atom. The molecule has 0 aliphatic rings. The van der Waals surface area contributed by atoms with Gasteiger partial charge in [0, 0.05) is 0 Å². The van der Waals surface area contributed by atoms with E-state index in [2.05, 4.69) is 22.7 Å². The number of ether oxygens (including phenoxy) is 2. The van der Waals surface area contributed by atoms with Gasteiger partial charge in [-0.1, -0.05) is 12.1 Å². The molecule has 0 aromatic heterocycles. The molecule has 2 rings (SSSR count). The maximum absolute atomic E-state index is 13.3. The van der Waals surface area contributed by atoms with Gasteiger partial charge in [-0.25, -0.2) is 4.39 Å². The van der Waals surface area contributed by atoms with Crippen molar-refractivity contribution in [1.29, 1.82) is 0 Å². The van der Waals surface area contributed by atoms with Crippen LogP contribution in [0, 0.1) is 5.82 Å². The maximum atomic E-state index is 13.3. The minimum Gasteiger partial charge on any atom is -0.490 e. The van der Waals surface area contributed by atoms with E-state index in [1.54, 1.807) is 36.5 Å². The lowest BCUT2D eigenvalue weighted by atomic mass is 10.2. The lowest BCUT2D eigenvalue weighted by Gasteiger charge is -2.09. The molecule has 0 aliphatic heterocycles. The molecule has 0 amide bonds. The Hall–Kier alpha value is -2.67. The molecule has 0 fully saturated rings. The van der Waals surface area contributed by atoms with Crippen molar-refractivity contribution in [2.75, 3.05) is 13.2 Å². The third-order valence-electron chi connectivity index (χ3n) is 2.71. The van der Waals surface area contributed by atoms with Crippen molar-refractivity contribution in [2.45, 2.75) is 0 Å². The van der Waals surface area contributed by atoms with E-state index in [1.807, 2.05) is 12.1 Å². The zero-order valence-corrected chi connectivity index (χ0v) is 13.1. The highest BCUT2D eigenvalue weighted by Gasteiger charge is 2.01. The topological polar surface area (TPSA) is 68.9 Å². The SMILES string of the molecule is NC(=S)NN=Cc1ccc(OCCOc2ccccc2F)cc1. The van der Waals surface area contributed by atoms with Crippen molar-refractivity contribution >= 4 is 23.5 Å². The molecule has 7 heteroatoms. The van der Waals surface area contributed by atoms with E-state index in [0.29, 0.717) is 12.4 Å². The highest BCUT2D eigenvalue weighted by Crippen LogP contribution is 2.15. The van der Waals surface area contributed by atoms with Crippen LogP contribution in [0.2, 0.25) is 0 Å². The zero-order valence-electron chi connectivity index (χ0n) is 12.2. The summed E-state index contributed by atoms with van der Waals surface area (Å²) >= 11 is 4.63. The summed E-state index contributed by atoms with van der Waals surface area (Å²) in [6, 6.07) is 13.5. The number of hydrogen-bond donors (Lipinski definition) is 2. The van der Waals surface area contributed by atoms with Crippen LogP contribution in [0.1, 0.15) is 5.56 Å². The van der Waals surface area contributed by atoms with Crippen LogP contribution in [-0.2, 0) is 0 Å². The first kappa shape index (κ1) is 16.7. The van der Waals surface area contributed by atoms with Crippen LogP contribution in [-0.4, -0.2) is 24.5 Å². The summed E-state index contributed by atoms with van der Waals surface area (Å²) in [5, 5.41) is 3.96. The predicted octanol–water partition coefficient (Wildman–Crippen LogP) is 2.45. The van der Waals surface area contributed by atoms with Crippen LogP contribution in [0.4, 0.5) is 4.39 Å². The fraction of sp³-hybridized carbons (Fsp3) is 0.125. The highest BCUT2D eigenvalue weighted by molar-refractivity contribution is 7.80. The highest BCUT2D eigenvalue weighted by atomic mass is 32.1. The van der Waals surface area contributed by atoms with Gasteiger partial charge in [0.25, 0.3) is 0 Å². The van der Waals surface area contributed by atoms with Gasteiger partial charge >= 0.3 is 0 Å². The Morgan fingerprint density at radius 2 is 1.83 bits per heavy atom. The quantitative estimate of drug-likeness (QED) is 0.353. The Labute approximate surface area is 138 Å². The smallest absolute Gasteiger partial charge is 0.184 e. The number of nitrogens with two attached hydrogens (primary N) is 1. The average Bonchev–Trinajstić information content (AvgIpc) is 2.54. The summed E-state index contributed by atoms with van der Waals surface area (Å²) < 4.78 is 24.2. The first-order chi connectivity index (χ1) is 11.1. The fourth-order valence-corrected chi connectivity index (χ4v) is 1.75. The van der Waals surface area contributed by atoms with E-state index < -0.39 is 0 Å². The van der Waals surface area contributed by atoms with Crippen LogP contribution in [0.25, 0.3) is 0 Å². The van der Waals surface area contributed by atoms with Crippen molar-refractivity contribution in [1.82, 2.24) is 5.43 Å². The third-order valence-corrected chi connectivity index (χ3v) is 2.81. The van der Waals surface area contributed by atoms with E-state index >= 15 is 0 Å². The molecule has 0 spiro atoms. The number of para-hydroxylation sites is 1. The Balaban J connectivity index is 1.75. The molecule has 0 saturated heterocycles. The molecular weight excluding hydrogens is 317 g/mol. The second-order valence-electron chi connectivity index (χ2n) is 4.43. The predicted molar refractivity (Wildman–Crippen MR) is 91.3 cm³/mol. The van der Waals surface area contributed by atoms with E-state index in [0.717, 1.165) is 5.56 Å². The van der Waals surface area contributed by atoms with Gasteiger partial charge in [0.2, 0.25) is 0 Å². The summed E-state index contributed by atoms with van der Waals surface area (Å²) in [5.41, 5.74) is 8.59. The Morgan fingerprint density at radius 1 is 1.13 bits per heavy atom. The number of hydrazone groups is 1. The van der Waals surface area contributed by atoms with Gasteiger partial charge < -0.3 is 15.2 Å². The minimum atomic E-state index is -0.387. The van der Waals surface area contributed by atoms with Gasteiger partial charge in [-0.05, 0) is 54.2 Å². The van der Waals surface area contributed by atoms with Gasteiger partial charge in [-0.15, -0.1) is 0 Å². The molecule has 0 radical (unpaired) electrons. The molecule has 0 heterocycles. The van der Waals surface area contributed by atoms with Gasteiger partial charge in [0.15, 0.2) is 16.7 Å². The fourth-order valence-electron chi connectivity index (χ4n) is 1.69. The van der Waals surface area contributed by atoms with E-state index in [9.17, 15) is 4.39 Å². The van der Waals surface area contributed by atoms with Crippen molar-refractivity contribution in [2.24, 2.45) is 10.8 Å². The molecule has 0 saturated carbocycles. The van der Waals surface area contributed by atoms with Gasteiger partial charge in [-0.3, -0.25) is 5.43 Å². The number of thiocarbonyl (C=S) groups is 1. The van der Waals surface area contributed by atoms with Gasteiger partial charge in [0.05, 0.1) is 6.21 Å². The third kappa shape index (κ3) is 5.91. The van der Waals surface area contributed by atoms with Crippen LogP contribution in [0.3, 0.4) is 0 Å². The van der Waals surface area contributed by atoms with Crippen LogP contribution >= 0.6 is 12.2 Å². The van der Waals surface area contributed by atoms with Crippen LogP contribution in [0.5, 0.6) is 11.5 Å². The summed E-state index contributed by atoms with van der Waals surface area (Å²) in [4.78, 5) is 0. The first-order valence-electron chi connectivity index (χ1n) is 6.84. The monoisotopic (exact) mass is 333 g/mol. The molecule has 0 atom stereocenters. The maximum Gasteiger partial charge on any atom is 0.184 e. The molecule has 0 unspecified atom stereocenters. The number of halogens is 1. The number of hydrogen-bond acceptors (Lipinski definition) is 4. The average molecular weight is 333 g/mol. The van der Waals surface area contributed by atoms with Crippen molar-refractivity contribution < 1.29 is 13.9 Å². The molecular formula is C16H16FN3O2S. The second kappa shape index (κ2) is 8.70. The molecule has 3 N–H and O–H groups in total.